The Kier molecular flexibility index (Phi) is 4.86. The Hall–Kier alpha value is -2.32. The van der Waals surface area contributed by atoms with E-state index in [4.69, 9.17) is 4.74 Å². The van der Waals surface area contributed by atoms with E-state index in [0.717, 1.165) is 12.8 Å². The number of amides is 1. The molecule has 0 aliphatic carbocycles. The first-order valence-corrected chi connectivity index (χ1v) is 8.40. The smallest absolute Gasteiger partial charge is 0.244 e. The average Bonchev–Trinajstić information content (AvgIpc) is 2.81. The van der Waals surface area contributed by atoms with Gasteiger partial charge in [-0.05, 0) is 50.4 Å². The lowest BCUT2D eigenvalue weighted by Gasteiger charge is -2.36. The van der Waals surface area contributed by atoms with Crippen LogP contribution in [0.3, 0.4) is 0 Å². The van der Waals surface area contributed by atoms with E-state index in [1.807, 2.05) is 6.07 Å². The van der Waals surface area contributed by atoms with Gasteiger partial charge in [-0.3, -0.25) is 4.79 Å². The minimum absolute atomic E-state index is 0.101. The van der Waals surface area contributed by atoms with Gasteiger partial charge in [0.1, 0.15) is 17.4 Å². The average molecular weight is 325 g/mol. The maximum absolute atomic E-state index is 12.2. The summed E-state index contributed by atoms with van der Waals surface area (Å²) in [5.74, 6) is 0.419. The van der Waals surface area contributed by atoms with Crippen molar-refractivity contribution >= 4 is 12.0 Å². The van der Waals surface area contributed by atoms with Crippen LogP contribution in [0.25, 0.3) is 6.08 Å². The van der Waals surface area contributed by atoms with Crippen molar-refractivity contribution < 1.29 is 9.53 Å². The van der Waals surface area contributed by atoms with Crippen LogP contribution in [-0.4, -0.2) is 43.1 Å². The summed E-state index contributed by atoms with van der Waals surface area (Å²) in [7, 11) is 3.72. The summed E-state index contributed by atoms with van der Waals surface area (Å²) < 4.78 is 5.18. The molecule has 0 spiro atoms. The SMILES string of the molecule is COc1cccc(/C=C/C(=O)NC2CC3CCC(C2)N3C)c1C#N. The van der Waals surface area contributed by atoms with Crippen LogP contribution in [0.1, 0.15) is 36.8 Å². The number of carbonyl (C=O) groups is 1. The van der Waals surface area contributed by atoms with Gasteiger partial charge in [-0.2, -0.15) is 5.26 Å². The summed E-state index contributed by atoms with van der Waals surface area (Å²) >= 11 is 0. The van der Waals surface area contributed by atoms with Gasteiger partial charge in [0.2, 0.25) is 5.91 Å². The third kappa shape index (κ3) is 3.29. The number of fused-ring (bicyclic) bond motifs is 2. The van der Waals surface area contributed by atoms with Gasteiger partial charge in [-0.15, -0.1) is 0 Å². The number of ether oxygens (including phenoxy) is 1. The van der Waals surface area contributed by atoms with E-state index in [9.17, 15) is 10.1 Å². The molecule has 2 bridgehead atoms. The predicted octanol–water partition coefficient (Wildman–Crippen LogP) is 2.32. The van der Waals surface area contributed by atoms with E-state index in [1.165, 1.54) is 26.0 Å². The van der Waals surface area contributed by atoms with Crippen molar-refractivity contribution in [3.05, 3.63) is 35.4 Å². The number of carbonyl (C=O) groups excluding carboxylic acids is 1. The fourth-order valence-electron chi connectivity index (χ4n) is 3.92. The summed E-state index contributed by atoms with van der Waals surface area (Å²) in [5.41, 5.74) is 1.14. The summed E-state index contributed by atoms with van der Waals surface area (Å²) in [6, 6.07) is 8.93. The van der Waals surface area contributed by atoms with Gasteiger partial charge in [0, 0.05) is 24.2 Å². The van der Waals surface area contributed by atoms with Crippen molar-refractivity contribution in [2.45, 2.75) is 43.8 Å². The molecule has 2 unspecified atom stereocenters. The molecule has 126 valence electrons. The molecule has 1 aromatic rings. The molecule has 2 aliphatic heterocycles. The van der Waals surface area contributed by atoms with Gasteiger partial charge in [-0.1, -0.05) is 12.1 Å². The fourth-order valence-corrected chi connectivity index (χ4v) is 3.92. The highest BCUT2D eigenvalue weighted by Crippen LogP contribution is 2.34. The number of nitrogens with one attached hydrogen (secondary N) is 1. The highest BCUT2D eigenvalue weighted by molar-refractivity contribution is 5.92. The molecule has 24 heavy (non-hydrogen) atoms. The summed E-state index contributed by atoms with van der Waals surface area (Å²) in [6.07, 6.45) is 7.71. The Bertz CT molecular complexity index is 678. The molecule has 2 fully saturated rings. The van der Waals surface area contributed by atoms with Crippen molar-refractivity contribution in [1.29, 1.82) is 5.26 Å². The molecule has 2 saturated heterocycles. The van der Waals surface area contributed by atoms with E-state index < -0.39 is 0 Å². The Morgan fingerprint density at radius 2 is 2.08 bits per heavy atom. The molecule has 1 amide bonds. The summed E-state index contributed by atoms with van der Waals surface area (Å²) in [6.45, 7) is 0. The van der Waals surface area contributed by atoms with Gasteiger partial charge in [0.25, 0.3) is 0 Å². The topological polar surface area (TPSA) is 65.4 Å². The molecule has 1 aromatic carbocycles. The lowest BCUT2D eigenvalue weighted by Crippen LogP contribution is -2.48. The van der Waals surface area contributed by atoms with Crippen molar-refractivity contribution in [3.63, 3.8) is 0 Å². The fraction of sp³-hybridized carbons (Fsp3) is 0.474. The zero-order valence-corrected chi connectivity index (χ0v) is 14.2. The number of piperidine rings is 1. The largest absolute Gasteiger partial charge is 0.495 e. The number of nitrogens with zero attached hydrogens (tertiary/aromatic N) is 2. The van der Waals surface area contributed by atoms with Crippen molar-refractivity contribution in [1.82, 2.24) is 10.2 Å². The molecule has 3 rings (SSSR count). The van der Waals surface area contributed by atoms with Crippen LogP contribution in [0.2, 0.25) is 0 Å². The molecule has 2 heterocycles. The highest BCUT2D eigenvalue weighted by Gasteiger charge is 2.38. The number of benzene rings is 1. The third-order valence-corrected chi connectivity index (χ3v) is 5.25. The van der Waals surface area contributed by atoms with Crippen molar-refractivity contribution in [2.24, 2.45) is 0 Å². The summed E-state index contributed by atoms with van der Waals surface area (Å²) in [4.78, 5) is 14.7. The van der Waals surface area contributed by atoms with Gasteiger partial charge in [-0.25, -0.2) is 0 Å². The van der Waals surface area contributed by atoms with Crippen LogP contribution in [0.15, 0.2) is 24.3 Å². The van der Waals surface area contributed by atoms with E-state index in [1.54, 1.807) is 18.2 Å². The van der Waals surface area contributed by atoms with Gasteiger partial charge in [0.05, 0.1) is 7.11 Å². The van der Waals surface area contributed by atoms with Gasteiger partial charge < -0.3 is 15.0 Å². The number of hydrogen-bond acceptors (Lipinski definition) is 4. The molecule has 2 atom stereocenters. The van der Waals surface area contributed by atoms with Crippen LogP contribution >= 0.6 is 0 Å². The summed E-state index contributed by atoms with van der Waals surface area (Å²) in [5, 5.41) is 12.4. The van der Waals surface area contributed by atoms with Crippen LogP contribution in [0.4, 0.5) is 0 Å². The lowest BCUT2D eigenvalue weighted by molar-refractivity contribution is -0.117. The normalized spacial score (nSPS) is 26.3. The van der Waals surface area contributed by atoms with Crippen molar-refractivity contribution in [2.75, 3.05) is 14.2 Å². The minimum atomic E-state index is -0.101. The molecule has 0 aromatic heterocycles. The third-order valence-electron chi connectivity index (χ3n) is 5.25. The zero-order chi connectivity index (χ0) is 17.1. The first-order valence-electron chi connectivity index (χ1n) is 8.40. The van der Waals surface area contributed by atoms with Crippen LogP contribution in [0.5, 0.6) is 5.75 Å². The first kappa shape index (κ1) is 16.5. The standard InChI is InChI=1S/C19H23N3O2/c1-22-15-7-8-16(22)11-14(10-15)21-19(23)9-6-13-4-3-5-18(24-2)17(13)12-20/h3-6,9,14-16H,7-8,10-11H2,1-2H3,(H,21,23)/b9-6+. The second kappa shape index (κ2) is 7.06. The molecule has 5 nitrogen and oxygen atoms in total. The number of methoxy groups -OCH3 is 1. The molecule has 5 heteroatoms. The van der Waals surface area contributed by atoms with E-state index in [-0.39, 0.29) is 11.9 Å². The van der Waals surface area contributed by atoms with E-state index in [2.05, 4.69) is 23.3 Å². The Morgan fingerprint density at radius 3 is 2.71 bits per heavy atom. The minimum Gasteiger partial charge on any atom is -0.495 e. The van der Waals surface area contributed by atoms with Crippen LogP contribution < -0.4 is 10.1 Å². The van der Waals surface area contributed by atoms with Crippen LogP contribution in [-0.2, 0) is 4.79 Å². The molecular formula is C19H23N3O2. The number of nitriles is 1. The number of hydrogen-bond donors (Lipinski definition) is 1. The van der Waals surface area contributed by atoms with Gasteiger partial charge in [0.15, 0.2) is 0 Å². The monoisotopic (exact) mass is 325 g/mol. The second-order valence-electron chi connectivity index (χ2n) is 6.60. The maximum atomic E-state index is 12.2. The zero-order valence-electron chi connectivity index (χ0n) is 14.2. The molecule has 1 N–H and O–H groups in total. The highest BCUT2D eigenvalue weighted by atomic mass is 16.5. The molecule has 2 aliphatic rings. The molecule has 0 saturated carbocycles. The van der Waals surface area contributed by atoms with E-state index in [0.29, 0.717) is 29.0 Å². The first-order chi connectivity index (χ1) is 11.6. The number of rotatable bonds is 4. The lowest BCUT2D eigenvalue weighted by atomic mass is 9.98. The quantitative estimate of drug-likeness (QED) is 0.863. The molecular weight excluding hydrogens is 302 g/mol. The predicted molar refractivity (Wildman–Crippen MR) is 92.5 cm³/mol. The van der Waals surface area contributed by atoms with Crippen molar-refractivity contribution in [3.8, 4) is 11.8 Å². The Balaban J connectivity index is 1.64. The second-order valence-corrected chi connectivity index (χ2v) is 6.60. The maximum Gasteiger partial charge on any atom is 0.244 e. The van der Waals surface area contributed by atoms with Crippen LogP contribution in [0, 0.1) is 11.3 Å². The van der Waals surface area contributed by atoms with Gasteiger partial charge >= 0.3 is 0 Å². The Labute approximate surface area is 142 Å². The Morgan fingerprint density at radius 1 is 1.38 bits per heavy atom. The van der Waals surface area contributed by atoms with E-state index >= 15 is 0 Å². The molecule has 0 radical (unpaired) electrons.